The van der Waals surface area contributed by atoms with Crippen LogP contribution < -0.4 is 5.73 Å². The number of carbonyl (C=O) groups is 1. The van der Waals surface area contributed by atoms with Gasteiger partial charge in [-0.2, -0.15) is 0 Å². The molecule has 1 aliphatic carbocycles. The molecular weight excluding hydrogens is 162 g/mol. The van der Waals surface area contributed by atoms with Crippen molar-refractivity contribution in [2.45, 2.75) is 39.0 Å². The third-order valence-corrected chi connectivity index (χ3v) is 2.76. The maximum atomic E-state index is 11.8. The monoisotopic (exact) mass is 181 g/mol. The second-order valence-corrected chi connectivity index (χ2v) is 3.68. The molecule has 0 aromatic carbocycles. The first kappa shape index (κ1) is 10.5. The molecule has 0 heterocycles. The Morgan fingerprint density at radius 1 is 1.62 bits per heavy atom. The quantitative estimate of drug-likeness (QED) is 0.721. The summed E-state index contributed by atoms with van der Waals surface area (Å²) in [4.78, 5) is 11.8. The highest BCUT2D eigenvalue weighted by atomic mass is 16.1. The van der Waals surface area contributed by atoms with Crippen LogP contribution >= 0.6 is 0 Å². The number of rotatable bonds is 4. The number of nitrogens with two attached hydrogens (primary N) is 1. The van der Waals surface area contributed by atoms with Crippen LogP contribution in [0.2, 0.25) is 0 Å². The van der Waals surface area contributed by atoms with Crippen LogP contribution in [0.3, 0.4) is 0 Å². The lowest BCUT2D eigenvalue weighted by Gasteiger charge is -2.16. The predicted molar refractivity (Wildman–Crippen MR) is 54.4 cm³/mol. The second kappa shape index (κ2) is 5.18. The van der Waals surface area contributed by atoms with E-state index < -0.39 is 0 Å². The molecule has 2 heteroatoms. The van der Waals surface area contributed by atoms with E-state index in [1.807, 2.05) is 6.92 Å². The van der Waals surface area contributed by atoms with Gasteiger partial charge in [0.1, 0.15) is 0 Å². The summed E-state index contributed by atoms with van der Waals surface area (Å²) in [5.74, 6) is 0.356. The number of ketones is 1. The maximum Gasteiger partial charge on any atom is 0.162 e. The molecule has 2 nitrogen and oxygen atoms in total. The van der Waals surface area contributed by atoms with Crippen molar-refractivity contribution in [3.05, 3.63) is 11.6 Å². The van der Waals surface area contributed by atoms with E-state index in [0.717, 1.165) is 24.8 Å². The van der Waals surface area contributed by atoms with Gasteiger partial charge in [-0.15, -0.1) is 0 Å². The summed E-state index contributed by atoms with van der Waals surface area (Å²) in [5, 5.41) is 0. The van der Waals surface area contributed by atoms with Gasteiger partial charge in [0.05, 0.1) is 0 Å². The van der Waals surface area contributed by atoms with Gasteiger partial charge >= 0.3 is 0 Å². The lowest BCUT2D eigenvalue weighted by atomic mass is 9.89. The Morgan fingerprint density at radius 2 is 2.38 bits per heavy atom. The van der Waals surface area contributed by atoms with E-state index in [4.69, 9.17) is 5.73 Å². The fourth-order valence-corrected chi connectivity index (χ4v) is 1.78. The smallest absolute Gasteiger partial charge is 0.162 e. The van der Waals surface area contributed by atoms with Crippen LogP contribution in [-0.4, -0.2) is 12.3 Å². The van der Waals surface area contributed by atoms with Crippen LogP contribution in [0, 0.1) is 5.92 Å². The molecule has 1 aliphatic rings. The Bertz CT molecular complexity index is 204. The van der Waals surface area contributed by atoms with Crippen LogP contribution in [0.15, 0.2) is 11.6 Å². The van der Waals surface area contributed by atoms with Gasteiger partial charge in [0.15, 0.2) is 5.78 Å². The lowest BCUT2D eigenvalue weighted by molar-refractivity contribution is -0.119. The Balaban J connectivity index is 2.59. The van der Waals surface area contributed by atoms with Gasteiger partial charge in [-0.1, -0.05) is 13.0 Å². The summed E-state index contributed by atoms with van der Waals surface area (Å²) in [6.45, 7) is 2.52. The van der Waals surface area contributed by atoms with Crippen molar-refractivity contribution in [1.29, 1.82) is 0 Å². The van der Waals surface area contributed by atoms with Crippen molar-refractivity contribution in [3.8, 4) is 0 Å². The SMILES string of the molecule is CCC(CN)C(=O)C1=CCCCC1. The fraction of sp³-hybridized carbons (Fsp3) is 0.727. The molecule has 2 N–H and O–H groups in total. The Labute approximate surface area is 80.2 Å². The summed E-state index contributed by atoms with van der Waals surface area (Å²) in [7, 11) is 0. The first-order valence-corrected chi connectivity index (χ1v) is 5.23. The highest BCUT2D eigenvalue weighted by Gasteiger charge is 2.19. The Hall–Kier alpha value is -0.630. The van der Waals surface area contributed by atoms with Crippen molar-refractivity contribution in [3.63, 3.8) is 0 Å². The minimum Gasteiger partial charge on any atom is -0.330 e. The number of hydrogen-bond acceptors (Lipinski definition) is 2. The van der Waals surface area contributed by atoms with E-state index in [1.54, 1.807) is 0 Å². The number of carbonyl (C=O) groups excluding carboxylic acids is 1. The molecule has 1 unspecified atom stereocenters. The van der Waals surface area contributed by atoms with Gasteiger partial charge < -0.3 is 5.73 Å². The second-order valence-electron chi connectivity index (χ2n) is 3.68. The molecule has 1 atom stereocenters. The molecule has 0 aromatic rings. The minimum absolute atomic E-state index is 0.0596. The van der Waals surface area contributed by atoms with Gasteiger partial charge in [-0.25, -0.2) is 0 Å². The number of Topliss-reactive ketones (excluding diaryl/α,β-unsaturated/α-hetero) is 1. The standard InChI is InChI=1S/C11H19NO/c1-2-9(8-12)11(13)10-6-4-3-5-7-10/h6,9H,2-5,7-8,12H2,1H3. The molecule has 0 saturated carbocycles. The third kappa shape index (κ3) is 2.66. The fourth-order valence-electron chi connectivity index (χ4n) is 1.78. The molecule has 0 saturated heterocycles. The molecule has 0 aliphatic heterocycles. The summed E-state index contributed by atoms with van der Waals surface area (Å²) in [6.07, 6.45) is 7.41. The molecule has 0 amide bonds. The average molecular weight is 181 g/mol. The van der Waals surface area contributed by atoms with E-state index in [9.17, 15) is 4.79 Å². The highest BCUT2D eigenvalue weighted by Crippen LogP contribution is 2.21. The molecule has 1 rings (SSSR count). The summed E-state index contributed by atoms with van der Waals surface area (Å²) >= 11 is 0. The number of hydrogen-bond donors (Lipinski definition) is 1. The van der Waals surface area contributed by atoms with Crippen LogP contribution in [0.25, 0.3) is 0 Å². The van der Waals surface area contributed by atoms with Crippen LogP contribution in [0.4, 0.5) is 0 Å². The van der Waals surface area contributed by atoms with E-state index in [0.29, 0.717) is 12.3 Å². The van der Waals surface area contributed by atoms with Gasteiger partial charge in [0, 0.05) is 12.5 Å². The minimum atomic E-state index is 0.0596. The summed E-state index contributed by atoms with van der Waals surface area (Å²) in [5.41, 5.74) is 6.57. The zero-order valence-corrected chi connectivity index (χ0v) is 8.38. The van der Waals surface area contributed by atoms with Gasteiger partial charge in [-0.05, 0) is 37.7 Å². The van der Waals surface area contributed by atoms with Gasteiger partial charge in [0.25, 0.3) is 0 Å². The van der Waals surface area contributed by atoms with Crippen LogP contribution in [0.5, 0.6) is 0 Å². The normalized spacial score (nSPS) is 19.4. The summed E-state index contributed by atoms with van der Waals surface area (Å²) in [6, 6.07) is 0. The zero-order chi connectivity index (χ0) is 9.68. The average Bonchev–Trinajstić information content (AvgIpc) is 2.21. The topological polar surface area (TPSA) is 43.1 Å². The molecular formula is C11H19NO. The number of allylic oxidation sites excluding steroid dienone is 2. The first-order valence-electron chi connectivity index (χ1n) is 5.23. The van der Waals surface area contributed by atoms with Crippen LogP contribution in [-0.2, 0) is 4.79 Å². The van der Waals surface area contributed by atoms with Crippen molar-refractivity contribution in [1.82, 2.24) is 0 Å². The molecule has 0 spiro atoms. The molecule has 0 bridgehead atoms. The third-order valence-electron chi connectivity index (χ3n) is 2.76. The molecule has 74 valence electrons. The van der Waals surface area contributed by atoms with Gasteiger partial charge in [0.2, 0.25) is 0 Å². The van der Waals surface area contributed by atoms with E-state index in [1.165, 1.54) is 12.8 Å². The van der Waals surface area contributed by atoms with Crippen molar-refractivity contribution >= 4 is 5.78 Å². The highest BCUT2D eigenvalue weighted by molar-refractivity contribution is 5.97. The van der Waals surface area contributed by atoms with E-state index in [2.05, 4.69) is 6.08 Å². The Kier molecular flexibility index (Phi) is 4.16. The van der Waals surface area contributed by atoms with Crippen LogP contribution in [0.1, 0.15) is 39.0 Å². The molecule has 13 heavy (non-hydrogen) atoms. The van der Waals surface area contributed by atoms with Crippen molar-refractivity contribution in [2.75, 3.05) is 6.54 Å². The van der Waals surface area contributed by atoms with Gasteiger partial charge in [-0.3, -0.25) is 4.79 Å². The van der Waals surface area contributed by atoms with Crippen molar-refractivity contribution < 1.29 is 4.79 Å². The molecule has 0 fully saturated rings. The Morgan fingerprint density at radius 3 is 2.85 bits per heavy atom. The first-order chi connectivity index (χ1) is 6.29. The molecule has 0 radical (unpaired) electrons. The molecule has 0 aromatic heterocycles. The lowest BCUT2D eigenvalue weighted by Crippen LogP contribution is -2.24. The van der Waals surface area contributed by atoms with E-state index >= 15 is 0 Å². The van der Waals surface area contributed by atoms with E-state index in [-0.39, 0.29) is 5.92 Å². The van der Waals surface area contributed by atoms with Crippen molar-refractivity contribution in [2.24, 2.45) is 11.7 Å². The largest absolute Gasteiger partial charge is 0.330 e. The zero-order valence-electron chi connectivity index (χ0n) is 8.38. The maximum absolute atomic E-state index is 11.8. The summed E-state index contributed by atoms with van der Waals surface area (Å²) < 4.78 is 0. The predicted octanol–water partition coefficient (Wildman–Crippen LogP) is 2.04.